The van der Waals surface area contributed by atoms with E-state index in [-0.39, 0.29) is 0 Å². The minimum Gasteiger partial charge on any atom is -0.493 e. The van der Waals surface area contributed by atoms with Crippen LogP contribution in [0.5, 0.6) is 5.75 Å². The van der Waals surface area contributed by atoms with E-state index < -0.39 is 0 Å². The molecular formula is C23H25N3O. The molecule has 27 heavy (non-hydrogen) atoms. The maximum atomic E-state index is 5.61. The van der Waals surface area contributed by atoms with Crippen molar-refractivity contribution in [1.29, 1.82) is 0 Å². The van der Waals surface area contributed by atoms with E-state index >= 15 is 0 Å². The molecule has 2 aromatic heterocycles. The highest BCUT2D eigenvalue weighted by Crippen LogP contribution is 2.29. The lowest BCUT2D eigenvalue weighted by Crippen LogP contribution is -2.34. The van der Waals surface area contributed by atoms with E-state index in [2.05, 4.69) is 46.3 Å². The average molecular weight is 359 g/mol. The zero-order chi connectivity index (χ0) is 18.1. The van der Waals surface area contributed by atoms with Crippen LogP contribution in [0.2, 0.25) is 0 Å². The smallest absolute Gasteiger partial charge is 0.159 e. The highest BCUT2D eigenvalue weighted by molar-refractivity contribution is 5.74. The summed E-state index contributed by atoms with van der Waals surface area (Å²) >= 11 is 0. The highest BCUT2D eigenvalue weighted by Gasteiger charge is 2.22. The highest BCUT2D eigenvalue weighted by atomic mass is 16.5. The summed E-state index contributed by atoms with van der Waals surface area (Å²) in [5.74, 6) is 1.64. The molecule has 1 fully saturated rings. The van der Waals surface area contributed by atoms with Crippen molar-refractivity contribution in [2.45, 2.75) is 31.6 Å². The van der Waals surface area contributed by atoms with Crippen LogP contribution in [0.3, 0.4) is 0 Å². The monoisotopic (exact) mass is 359 g/mol. The van der Waals surface area contributed by atoms with Gasteiger partial charge in [0.15, 0.2) is 5.65 Å². The first kappa shape index (κ1) is 16.7. The standard InChI is InChI=1S/C23H25N3O/c1-2-19-4-5-21(25-23(19)24-11-1)18-8-13-26(14-9-18)12-7-17-3-6-22-20(16-17)10-15-27-22/h1-6,11,16,18H,7-10,12-15H2. The number of pyridine rings is 2. The Morgan fingerprint density at radius 2 is 2.00 bits per heavy atom. The molecule has 0 amide bonds. The molecule has 2 aliphatic rings. The van der Waals surface area contributed by atoms with Gasteiger partial charge in [-0.3, -0.25) is 0 Å². The van der Waals surface area contributed by atoms with Crippen LogP contribution in [0, 0.1) is 0 Å². The summed E-state index contributed by atoms with van der Waals surface area (Å²) in [6.45, 7) is 4.28. The summed E-state index contributed by atoms with van der Waals surface area (Å²) in [6, 6.07) is 15.1. The Morgan fingerprint density at radius 3 is 2.93 bits per heavy atom. The Labute approximate surface area is 160 Å². The summed E-state index contributed by atoms with van der Waals surface area (Å²) in [5.41, 5.74) is 4.89. The molecule has 2 aliphatic heterocycles. The Kier molecular flexibility index (Phi) is 4.50. The molecule has 3 aromatic rings. The lowest BCUT2D eigenvalue weighted by molar-refractivity contribution is 0.213. The van der Waals surface area contributed by atoms with Gasteiger partial charge in [0, 0.05) is 36.2 Å². The van der Waals surface area contributed by atoms with Crippen molar-refractivity contribution in [3.63, 3.8) is 0 Å². The SMILES string of the molecule is c1cnc2nc(C3CCN(CCc4ccc5c(c4)CCO5)CC3)ccc2c1. The number of nitrogens with zero attached hydrogens (tertiary/aromatic N) is 3. The Bertz CT molecular complexity index is 947. The fourth-order valence-corrected chi connectivity index (χ4v) is 4.33. The number of benzene rings is 1. The molecule has 0 unspecified atom stereocenters. The second-order valence-electron chi connectivity index (χ2n) is 7.69. The van der Waals surface area contributed by atoms with E-state index in [1.54, 1.807) is 0 Å². The minimum atomic E-state index is 0.560. The number of hydrogen-bond donors (Lipinski definition) is 0. The predicted molar refractivity (Wildman–Crippen MR) is 107 cm³/mol. The topological polar surface area (TPSA) is 38.2 Å². The molecule has 0 atom stereocenters. The maximum absolute atomic E-state index is 5.61. The first-order valence-corrected chi connectivity index (χ1v) is 10.0. The largest absolute Gasteiger partial charge is 0.493 e. The van der Waals surface area contributed by atoms with Crippen molar-refractivity contribution in [2.75, 3.05) is 26.2 Å². The molecule has 1 saturated heterocycles. The Hall–Kier alpha value is -2.46. The minimum absolute atomic E-state index is 0.560. The van der Waals surface area contributed by atoms with Gasteiger partial charge in [-0.25, -0.2) is 9.97 Å². The summed E-state index contributed by atoms with van der Waals surface area (Å²) in [5, 5.41) is 1.12. The van der Waals surface area contributed by atoms with Crippen molar-refractivity contribution in [3.05, 3.63) is 65.5 Å². The number of aromatic nitrogens is 2. The van der Waals surface area contributed by atoms with Gasteiger partial charge < -0.3 is 9.64 Å². The van der Waals surface area contributed by atoms with Gasteiger partial charge >= 0.3 is 0 Å². The molecule has 0 aliphatic carbocycles. The molecule has 4 nitrogen and oxygen atoms in total. The van der Waals surface area contributed by atoms with E-state index in [4.69, 9.17) is 9.72 Å². The van der Waals surface area contributed by atoms with Crippen LogP contribution in [-0.2, 0) is 12.8 Å². The molecule has 4 heteroatoms. The number of piperidine rings is 1. The molecular weight excluding hydrogens is 334 g/mol. The molecule has 0 saturated carbocycles. The fourth-order valence-electron chi connectivity index (χ4n) is 4.33. The van der Waals surface area contributed by atoms with E-state index in [1.165, 1.54) is 29.7 Å². The first-order valence-electron chi connectivity index (χ1n) is 10.0. The van der Waals surface area contributed by atoms with Crippen LogP contribution in [-0.4, -0.2) is 41.1 Å². The summed E-state index contributed by atoms with van der Waals surface area (Å²) in [4.78, 5) is 11.8. The average Bonchev–Trinajstić information content (AvgIpc) is 3.20. The van der Waals surface area contributed by atoms with Gasteiger partial charge in [0.25, 0.3) is 0 Å². The van der Waals surface area contributed by atoms with Crippen LogP contribution in [0.1, 0.15) is 35.6 Å². The molecule has 0 N–H and O–H groups in total. The zero-order valence-corrected chi connectivity index (χ0v) is 15.6. The quantitative estimate of drug-likeness (QED) is 0.706. The Balaban J connectivity index is 1.17. The second-order valence-corrected chi connectivity index (χ2v) is 7.69. The molecule has 1 aromatic carbocycles. The zero-order valence-electron chi connectivity index (χ0n) is 15.6. The third-order valence-corrected chi connectivity index (χ3v) is 5.96. The number of hydrogen-bond acceptors (Lipinski definition) is 4. The van der Waals surface area contributed by atoms with Crippen LogP contribution in [0.25, 0.3) is 11.0 Å². The maximum Gasteiger partial charge on any atom is 0.159 e. The third-order valence-electron chi connectivity index (χ3n) is 5.96. The number of fused-ring (bicyclic) bond motifs is 2. The van der Waals surface area contributed by atoms with Crippen molar-refractivity contribution in [1.82, 2.24) is 14.9 Å². The third kappa shape index (κ3) is 3.54. The van der Waals surface area contributed by atoms with Gasteiger partial charge in [-0.05, 0) is 73.8 Å². The summed E-state index contributed by atoms with van der Waals surface area (Å²) < 4.78 is 5.61. The van der Waals surface area contributed by atoms with Crippen molar-refractivity contribution < 1.29 is 4.74 Å². The normalized spacial score (nSPS) is 17.8. The van der Waals surface area contributed by atoms with Gasteiger partial charge in [0.2, 0.25) is 0 Å². The van der Waals surface area contributed by atoms with E-state index in [1.807, 2.05) is 12.3 Å². The van der Waals surface area contributed by atoms with Crippen LogP contribution >= 0.6 is 0 Å². The van der Waals surface area contributed by atoms with Gasteiger partial charge in [-0.2, -0.15) is 0 Å². The first-order chi connectivity index (χ1) is 13.3. The Morgan fingerprint density at radius 1 is 1.07 bits per heavy atom. The molecule has 0 radical (unpaired) electrons. The number of likely N-dealkylation sites (tertiary alicyclic amines) is 1. The van der Waals surface area contributed by atoms with Gasteiger partial charge in [-0.15, -0.1) is 0 Å². The molecule has 5 rings (SSSR count). The van der Waals surface area contributed by atoms with E-state index in [0.29, 0.717) is 5.92 Å². The van der Waals surface area contributed by atoms with Crippen LogP contribution < -0.4 is 4.74 Å². The molecule has 138 valence electrons. The number of rotatable bonds is 4. The van der Waals surface area contributed by atoms with Gasteiger partial charge in [0.05, 0.1) is 6.61 Å². The fraction of sp³-hybridized carbons (Fsp3) is 0.391. The van der Waals surface area contributed by atoms with Crippen molar-refractivity contribution >= 4 is 11.0 Å². The number of ether oxygens (including phenoxy) is 1. The predicted octanol–water partition coefficient (Wildman–Crippen LogP) is 3.99. The van der Waals surface area contributed by atoms with Crippen molar-refractivity contribution in [2.24, 2.45) is 0 Å². The lowest BCUT2D eigenvalue weighted by atomic mass is 9.92. The molecule has 0 spiro atoms. The van der Waals surface area contributed by atoms with Crippen LogP contribution in [0.4, 0.5) is 0 Å². The van der Waals surface area contributed by atoms with Gasteiger partial charge in [0.1, 0.15) is 5.75 Å². The van der Waals surface area contributed by atoms with Gasteiger partial charge in [-0.1, -0.05) is 12.1 Å². The van der Waals surface area contributed by atoms with Crippen LogP contribution in [0.15, 0.2) is 48.7 Å². The van der Waals surface area contributed by atoms with E-state index in [9.17, 15) is 0 Å². The summed E-state index contributed by atoms with van der Waals surface area (Å²) in [7, 11) is 0. The lowest BCUT2D eigenvalue weighted by Gasteiger charge is -2.31. The summed E-state index contributed by atoms with van der Waals surface area (Å²) in [6.07, 6.45) is 6.37. The molecule has 4 heterocycles. The second kappa shape index (κ2) is 7.28. The van der Waals surface area contributed by atoms with Crippen molar-refractivity contribution in [3.8, 4) is 5.75 Å². The van der Waals surface area contributed by atoms with E-state index in [0.717, 1.165) is 55.9 Å². The molecule has 0 bridgehead atoms.